The third kappa shape index (κ3) is 5.56. The van der Waals surface area contributed by atoms with Crippen molar-refractivity contribution in [1.82, 2.24) is 0 Å². The monoisotopic (exact) mass is 469 g/mol. The van der Waals surface area contributed by atoms with Crippen molar-refractivity contribution in [1.29, 1.82) is 0 Å². The van der Waals surface area contributed by atoms with E-state index in [0.29, 0.717) is 6.07 Å². The number of carbonyl (C=O) groups excluding carboxylic acids is 1. The number of sulfone groups is 1. The normalized spacial score (nSPS) is 11.7. The van der Waals surface area contributed by atoms with Crippen molar-refractivity contribution < 1.29 is 31.1 Å². The fourth-order valence-corrected chi connectivity index (χ4v) is 4.10. The minimum absolute atomic E-state index is 0.0338. The molecule has 0 fully saturated rings. The Balaban J connectivity index is 1.66. The molecular weight excluding hydrogens is 455 g/mol. The highest BCUT2D eigenvalue weighted by Crippen LogP contribution is 2.36. The van der Waals surface area contributed by atoms with Gasteiger partial charge in [0.15, 0.2) is 6.61 Å². The van der Waals surface area contributed by atoms with Gasteiger partial charge in [-0.25, -0.2) is 8.42 Å². The van der Waals surface area contributed by atoms with Gasteiger partial charge in [-0.15, -0.1) is 0 Å². The average molecular weight is 470 g/mol. The molecular formula is C21H15ClF3NO4S. The van der Waals surface area contributed by atoms with Crippen molar-refractivity contribution in [3.63, 3.8) is 0 Å². The molecule has 0 unspecified atom stereocenters. The number of amides is 1. The molecule has 162 valence electrons. The zero-order chi connectivity index (χ0) is 22.6. The standard InChI is InChI=1S/C21H15ClF3NO4S/c22-14-6-11-19(18(12-14)21(23,24)25)26-20(27)13-30-15-7-9-17(10-8-15)31(28,29)16-4-2-1-3-5-16/h1-12H,13H2,(H,26,27). The molecule has 1 N–H and O–H groups in total. The lowest BCUT2D eigenvalue weighted by Crippen LogP contribution is -2.22. The number of benzene rings is 3. The second-order valence-electron chi connectivity index (χ2n) is 6.31. The Labute approximate surface area is 181 Å². The largest absolute Gasteiger partial charge is 0.484 e. The van der Waals surface area contributed by atoms with Gasteiger partial charge in [0.2, 0.25) is 9.84 Å². The molecule has 0 saturated carbocycles. The molecule has 0 radical (unpaired) electrons. The summed E-state index contributed by atoms with van der Waals surface area (Å²) in [7, 11) is -3.70. The summed E-state index contributed by atoms with van der Waals surface area (Å²) < 4.78 is 69.6. The van der Waals surface area contributed by atoms with E-state index < -0.39 is 39.8 Å². The molecule has 0 aliphatic heterocycles. The lowest BCUT2D eigenvalue weighted by Gasteiger charge is -2.14. The zero-order valence-corrected chi connectivity index (χ0v) is 17.3. The van der Waals surface area contributed by atoms with Gasteiger partial charge >= 0.3 is 6.18 Å². The van der Waals surface area contributed by atoms with E-state index in [1.165, 1.54) is 42.5 Å². The molecule has 31 heavy (non-hydrogen) atoms. The van der Waals surface area contributed by atoms with Gasteiger partial charge in [0.05, 0.1) is 21.0 Å². The Morgan fingerprint density at radius 2 is 1.55 bits per heavy atom. The van der Waals surface area contributed by atoms with Crippen LogP contribution in [0.1, 0.15) is 5.56 Å². The number of hydrogen-bond acceptors (Lipinski definition) is 4. The molecule has 0 spiro atoms. The van der Waals surface area contributed by atoms with E-state index in [-0.39, 0.29) is 20.6 Å². The van der Waals surface area contributed by atoms with Gasteiger partial charge in [0, 0.05) is 5.02 Å². The number of nitrogens with one attached hydrogen (secondary N) is 1. The van der Waals surface area contributed by atoms with Crippen LogP contribution < -0.4 is 10.1 Å². The van der Waals surface area contributed by atoms with Gasteiger partial charge in [-0.05, 0) is 54.6 Å². The van der Waals surface area contributed by atoms with Crippen molar-refractivity contribution in [2.45, 2.75) is 16.0 Å². The van der Waals surface area contributed by atoms with Crippen LogP contribution >= 0.6 is 11.6 Å². The van der Waals surface area contributed by atoms with Crippen molar-refractivity contribution in [3.8, 4) is 5.75 Å². The summed E-state index contributed by atoms with van der Waals surface area (Å²) in [6.45, 7) is -0.579. The topological polar surface area (TPSA) is 72.5 Å². The minimum atomic E-state index is -4.70. The molecule has 0 aliphatic carbocycles. The second kappa shape index (κ2) is 8.99. The second-order valence-corrected chi connectivity index (χ2v) is 8.70. The van der Waals surface area contributed by atoms with Gasteiger partial charge in [0.25, 0.3) is 5.91 Å². The SMILES string of the molecule is O=C(COc1ccc(S(=O)(=O)c2ccccc2)cc1)Nc1ccc(Cl)cc1C(F)(F)F. The molecule has 3 aromatic rings. The lowest BCUT2D eigenvalue weighted by molar-refractivity contribution is -0.137. The van der Waals surface area contributed by atoms with Crippen LogP contribution in [0.4, 0.5) is 18.9 Å². The highest BCUT2D eigenvalue weighted by molar-refractivity contribution is 7.91. The Bertz CT molecular complexity index is 1180. The van der Waals surface area contributed by atoms with Crippen molar-refractivity contribution in [2.75, 3.05) is 11.9 Å². The van der Waals surface area contributed by atoms with Crippen LogP contribution in [0.3, 0.4) is 0 Å². The molecule has 0 aromatic heterocycles. The molecule has 0 saturated heterocycles. The van der Waals surface area contributed by atoms with Crippen LogP contribution in [0.5, 0.6) is 5.75 Å². The highest BCUT2D eigenvalue weighted by atomic mass is 35.5. The maximum absolute atomic E-state index is 13.1. The van der Waals surface area contributed by atoms with E-state index in [4.69, 9.17) is 16.3 Å². The number of alkyl halides is 3. The van der Waals surface area contributed by atoms with Crippen molar-refractivity contribution in [3.05, 3.63) is 83.4 Å². The van der Waals surface area contributed by atoms with Gasteiger partial charge < -0.3 is 10.1 Å². The van der Waals surface area contributed by atoms with E-state index in [1.807, 2.05) is 0 Å². The van der Waals surface area contributed by atoms with Crippen LogP contribution in [-0.4, -0.2) is 20.9 Å². The van der Waals surface area contributed by atoms with Crippen LogP contribution in [0.25, 0.3) is 0 Å². The highest BCUT2D eigenvalue weighted by Gasteiger charge is 2.34. The molecule has 0 aliphatic rings. The maximum Gasteiger partial charge on any atom is 0.418 e. The Morgan fingerprint density at radius 3 is 2.16 bits per heavy atom. The van der Waals surface area contributed by atoms with Crippen molar-refractivity contribution in [2.24, 2.45) is 0 Å². The summed E-state index contributed by atoms with van der Waals surface area (Å²) in [4.78, 5) is 12.2. The fraction of sp³-hybridized carbons (Fsp3) is 0.0952. The van der Waals surface area contributed by atoms with Crippen molar-refractivity contribution >= 4 is 33.0 Å². The first-order valence-corrected chi connectivity index (χ1v) is 10.6. The lowest BCUT2D eigenvalue weighted by atomic mass is 10.1. The quantitative estimate of drug-likeness (QED) is 0.538. The smallest absolute Gasteiger partial charge is 0.418 e. The summed E-state index contributed by atoms with van der Waals surface area (Å²) in [5.41, 5.74) is -1.53. The predicted octanol–water partition coefficient (Wildman–Crippen LogP) is 5.21. The first-order chi connectivity index (χ1) is 14.6. The van der Waals surface area contributed by atoms with Gasteiger partial charge in [-0.3, -0.25) is 4.79 Å². The van der Waals surface area contributed by atoms with E-state index in [9.17, 15) is 26.4 Å². The zero-order valence-electron chi connectivity index (χ0n) is 15.7. The first kappa shape index (κ1) is 22.6. The van der Waals surface area contributed by atoms with E-state index in [2.05, 4.69) is 5.32 Å². The van der Waals surface area contributed by atoms with E-state index >= 15 is 0 Å². The molecule has 0 bridgehead atoms. The third-order valence-electron chi connectivity index (χ3n) is 4.12. The number of hydrogen-bond donors (Lipinski definition) is 1. The summed E-state index contributed by atoms with van der Waals surface area (Å²) in [6.07, 6.45) is -4.70. The maximum atomic E-state index is 13.1. The summed E-state index contributed by atoms with van der Waals surface area (Å²) >= 11 is 5.60. The molecule has 3 rings (SSSR count). The number of ether oxygens (including phenoxy) is 1. The molecule has 0 atom stereocenters. The number of rotatable bonds is 6. The molecule has 5 nitrogen and oxygen atoms in total. The molecule has 10 heteroatoms. The molecule has 3 aromatic carbocycles. The van der Waals surface area contributed by atoms with Crippen LogP contribution in [-0.2, 0) is 20.8 Å². The first-order valence-electron chi connectivity index (χ1n) is 8.77. The summed E-state index contributed by atoms with van der Waals surface area (Å²) in [5, 5.41) is 2.01. The summed E-state index contributed by atoms with van der Waals surface area (Å²) in [6, 6.07) is 16.2. The Morgan fingerprint density at radius 1 is 0.935 bits per heavy atom. The van der Waals surface area contributed by atoms with Crippen LogP contribution in [0.2, 0.25) is 5.02 Å². The van der Waals surface area contributed by atoms with Crippen LogP contribution in [0.15, 0.2) is 82.6 Å². The minimum Gasteiger partial charge on any atom is -0.484 e. The summed E-state index contributed by atoms with van der Waals surface area (Å²) in [5.74, 6) is -0.650. The fourth-order valence-electron chi connectivity index (χ4n) is 2.65. The predicted molar refractivity (Wildman–Crippen MR) is 109 cm³/mol. The van der Waals surface area contributed by atoms with E-state index in [1.54, 1.807) is 18.2 Å². The number of carbonyl (C=O) groups is 1. The van der Waals surface area contributed by atoms with Gasteiger partial charge in [0.1, 0.15) is 5.75 Å². The third-order valence-corrected chi connectivity index (χ3v) is 6.14. The number of halogens is 4. The van der Waals surface area contributed by atoms with Crippen LogP contribution in [0, 0.1) is 0 Å². The van der Waals surface area contributed by atoms with Gasteiger partial charge in [-0.1, -0.05) is 29.8 Å². The Kier molecular flexibility index (Phi) is 6.56. The average Bonchev–Trinajstić information content (AvgIpc) is 2.74. The molecule has 0 heterocycles. The molecule has 1 amide bonds. The number of anilines is 1. The Hall–Kier alpha value is -3.04. The van der Waals surface area contributed by atoms with Gasteiger partial charge in [-0.2, -0.15) is 13.2 Å². The van der Waals surface area contributed by atoms with E-state index in [0.717, 1.165) is 6.07 Å².